The number of amides is 3. The first-order chi connectivity index (χ1) is 12.1. The Morgan fingerprint density at radius 1 is 1.04 bits per heavy atom. The third kappa shape index (κ3) is 5.51. The summed E-state index contributed by atoms with van der Waals surface area (Å²) in [6.07, 6.45) is -4.43. The number of benzene rings is 2. The second kappa shape index (κ2) is 7.90. The van der Waals surface area contributed by atoms with Crippen molar-refractivity contribution in [3.63, 3.8) is 0 Å². The van der Waals surface area contributed by atoms with Crippen molar-refractivity contribution in [2.24, 2.45) is 0 Å². The number of carbonyl (C=O) groups excluding carboxylic acids is 2. The minimum absolute atomic E-state index is 0.0554. The van der Waals surface area contributed by atoms with E-state index in [1.807, 2.05) is 6.92 Å². The molecule has 138 valence electrons. The predicted octanol–water partition coefficient (Wildman–Crippen LogP) is 4.29. The molecule has 2 aromatic carbocycles. The lowest BCUT2D eigenvalue weighted by atomic mass is 10.1. The topological polar surface area (TPSA) is 70.2 Å². The summed E-state index contributed by atoms with van der Waals surface area (Å²) in [7, 11) is 0. The summed E-state index contributed by atoms with van der Waals surface area (Å²) in [5.74, 6) is -0.237. The highest BCUT2D eigenvalue weighted by atomic mass is 19.4. The van der Waals surface area contributed by atoms with E-state index in [1.165, 1.54) is 19.1 Å². The van der Waals surface area contributed by atoms with Gasteiger partial charge in [0.25, 0.3) is 0 Å². The molecule has 0 fully saturated rings. The van der Waals surface area contributed by atoms with E-state index in [0.29, 0.717) is 16.9 Å². The summed E-state index contributed by atoms with van der Waals surface area (Å²) in [5.41, 5.74) is 1.40. The maximum Gasteiger partial charge on any atom is 0.416 e. The second-order valence-corrected chi connectivity index (χ2v) is 5.72. The van der Waals surface area contributed by atoms with E-state index in [1.54, 1.807) is 18.2 Å². The zero-order chi connectivity index (χ0) is 19.3. The van der Waals surface area contributed by atoms with Gasteiger partial charge in [-0.3, -0.25) is 4.79 Å². The number of hydrogen-bond donors (Lipinski definition) is 3. The molecule has 0 unspecified atom stereocenters. The van der Waals surface area contributed by atoms with Crippen LogP contribution in [0.5, 0.6) is 0 Å². The molecule has 0 saturated heterocycles. The molecule has 0 heterocycles. The number of urea groups is 1. The molecule has 0 aliphatic rings. The fourth-order valence-electron chi connectivity index (χ4n) is 2.24. The van der Waals surface area contributed by atoms with Gasteiger partial charge in [-0.25, -0.2) is 4.79 Å². The van der Waals surface area contributed by atoms with Crippen LogP contribution in [0.3, 0.4) is 0 Å². The standard InChI is InChI=1S/C18H18F3N3O2/c1-11-6-7-15(9-16(11)23-12(2)25)24-17(26)22-10-13-4-3-5-14(8-13)18(19,20)21/h3-9H,10H2,1-2H3,(H,23,25)(H2,22,24,26). The Labute approximate surface area is 148 Å². The van der Waals surface area contributed by atoms with Crippen LogP contribution in [0.15, 0.2) is 42.5 Å². The van der Waals surface area contributed by atoms with E-state index < -0.39 is 17.8 Å². The maximum atomic E-state index is 12.7. The molecule has 0 saturated carbocycles. The molecular formula is C18H18F3N3O2. The molecule has 0 radical (unpaired) electrons. The van der Waals surface area contributed by atoms with Crippen molar-refractivity contribution in [1.29, 1.82) is 0 Å². The Morgan fingerprint density at radius 2 is 1.77 bits per heavy atom. The van der Waals surface area contributed by atoms with Gasteiger partial charge >= 0.3 is 12.2 Å². The van der Waals surface area contributed by atoms with E-state index in [0.717, 1.165) is 17.7 Å². The first-order valence-electron chi connectivity index (χ1n) is 7.74. The van der Waals surface area contributed by atoms with Crippen LogP contribution in [0.25, 0.3) is 0 Å². The van der Waals surface area contributed by atoms with Crippen LogP contribution in [-0.2, 0) is 17.5 Å². The Kier molecular flexibility index (Phi) is 5.86. The van der Waals surface area contributed by atoms with Gasteiger partial charge in [-0.2, -0.15) is 13.2 Å². The number of nitrogens with one attached hydrogen (secondary N) is 3. The lowest BCUT2D eigenvalue weighted by Crippen LogP contribution is -2.28. The summed E-state index contributed by atoms with van der Waals surface area (Å²) >= 11 is 0. The van der Waals surface area contributed by atoms with Gasteiger partial charge in [0.2, 0.25) is 5.91 Å². The third-order valence-corrected chi connectivity index (χ3v) is 3.51. The molecule has 3 N–H and O–H groups in total. The van der Waals surface area contributed by atoms with Gasteiger partial charge in [-0.15, -0.1) is 0 Å². The van der Waals surface area contributed by atoms with Crippen molar-refractivity contribution in [2.45, 2.75) is 26.6 Å². The average molecular weight is 365 g/mol. The van der Waals surface area contributed by atoms with Crippen LogP contribution in [0.4, 0.5) is 29.3 Å². The monoisotopic (exact) mass is 365 g/mol. The molecule has 26 heavy (non-hydrogen) atoms. The smallest absolute Gasteiger partial charge is 0.334 e. The number of carbonyl (C=O) groups is 2. The summed E-state index contributed by atoms with van der Waals surface area (Å²) in [6.45, 7) is 3.13. The van der Waals surface area contributed by atoms with Gasteiger partial charge in [0.15, 0.2) is 0 Å². The molecule has 0 atom stereocenters. The van der Waals surface area contributed by atoms with Gasteiger partial charge in [-0.1, -0.05) is 18.2 Å². The van der Waals surface area contributed by atoms with E-state index in [2.05, 4.69) is 16.0 Å². The Bertz CT molecular complexity index is 820. The van der Waals surface area contributed by atoms with Crippen molar-refractivity contribution in [1.82, 2.24) is 5.32 Å². The molecule has 5 nitrogen and oxygen atoms in total. The quantitative estimate of drug-likeness (QED) is 0.756. The SMILES string of the molecule is CC(=O)Nc1cc(NC(=O)NCc2cccc(C(F)(F)F)c2)ccc1C. The number of aryl methyl sites for hydroxylation is 1. The summed E-state index contributed by atoms with van der Waals surface area (Å²) < 4.78 is 38.1. The van der Waals surface area contributed by atoms with E-state index in [9.17, 15) is 22.8 Å². The zero-order valence-electron chi connectivity index (χ0n) is 14.2. The van der Waals surface area contributed by atoms with Crippen molar-refractivity contribution < 1.29 is 22.8 Å². The Morgan fingerprint density at radius 3 is 2.42 bits per heavy atom. The normalized spacial score (nSPS) is 11.0. The number of hydrogen-bond acceptors (Lipinski definition) is 2. The molecule has 2 aromatic rings. The summed E-state index contributed by atoms with van der Waals surface area (Å²) in [4.78, 5) is 23.1. The molecule has 8 heteroatoms. The Hall–Kier alpha value is -3.03. The van der Waals surface area contributed by atoms with Crippen LogP contribution < -0.4 is 16.0 Å². The zero-order valence-corrected chi connectivity index (χ0v) is 14.2. The Balaban J connectivity index is 1.98. The summed E-state index contributed by atoms with van der Waals surface area (Å²) in [5, 5.41) is 7.72. The molecule has 0 spiro atoms. The fourth-order valence-corrected chi connectivity index (χ4v) is 2.24. The lowest BCUT2D eigenvalue weighted by Gasteiger charge is -2.12. The minimum Gasteiger partial charge on any atom is -0.334 e. The average Bonchev–Trinajstić information content (AvgIpc) is 2.55. The van der Waals surface area contributed by atoms with Gasteiger partial charge in [0.1, 0.15) is 0 Å². The highest BCUT2D eigenvalue weighted by molar-refractivity contribution is 5.93. The number of anilines is 2. The first kappa shape index (κ1) is 19.3. The first-order valence-corrected chi connectivity index (χ1v) is 7.74. The molecule has 0 aliphatic carbocycles. The van der Waals surface area contributed by atoms with Crippen molar-refractivity contribution in [3.05, 3.63) is 59.2 Å². The molecule has 0 aromatic heterocycles. The van der Waals surface area contributed by atoms with Crippen LogP contribution in [0.2, 0.25) is 0 Å². The number of rotatable bonds is 4. The van der Waals surface area contributed by atoms with Crippen LogP contribution >= 0.6 is 0 Å². The van der Waals surface area contributed by atoms with Crippen molar-refractivity contribution >= 4 is 23.3 Å². The van der Waals surface area contributed by atoms with E-state index in [4.69, 9.17) is 0 Å². The molecule has 0 bridgehead atoms. The second-order valence-electron chi connectivity index (χ2n) is 5.72. The van der Waals surface area contributed by atoms with Gasteiger partial charge in [0.05, 0.1) is 5.56 Å². The van der Waals surface area contributed by atoms with Crippen molar-refractivity contribution in [3.8, 4) is 0 Å². The van der Waals surface area contributed by atoms with Crippen molar-refractivity contribution in [2.75, 3.05) is 10.6 Å². The lowest BCUT2D eigenvalue weighted by molar-refractivity contribution is -0.137. The van der Waals surface area contributed by atoms with Gasteiger partial charge < -0.3 is 16.0 Å². The van der Waals surface area contributed by atoms with Gasteiger partial charge in [-0.05, 0) is 42.3 Å². The van der Waals surface area contributed by atoms with Crippen LogP contribution in [0, 0.1) is 6.92 Å². The third-order valence-electron chi connectivity index (χ3n) is 3.51. The van der Waals surface area contributed by atoms with Gasteiger partial charge in [0, 0.05) is 24.8 Å². The molecular weight excluding hydrogens is 347 g/mol. The highest BCUT2D eigenvalue weighted by Gasteiger charge is 2.30. The number of alkyl halides is 3. The predicted molar refractivity (Wildman–Crippen MR) is 92.8 cm³/mol. The fraction of sp³-hybridized carbons (Fsp3) is 0.222. The summed E-state index contributed by atoms with van der Waals surface area (Å²) in [6, 6.07) is 9.16. The number of halogens is 3. The molecule has 2 rings (SSSR count). The maximum absolute atomic E-state index is 12.7. The molecule has 3 amide bonds. The van der Waals surface area contributed by atoms with E-state index in [-0.39, 0.29) is 12.5 Å². The highest BCUT2D eigenvalue weighted by Crippen LogP contribution is 2.29. The largest absolute Gasteiger partial charge is 0.416 e. The van der Waals surface area contributed by atoms with Crippen LogP contribution in [-0.4, -0.2) is 11.9 Å². The van der Waals surface area contributed by atoms with Crippen LogP contribution in [0.1, 0.15) is 23.6 Å². The minimum atomic E-state index is -4.43. The van der Waals surface area contributed by atoms with E-state index >= 15 is 0 Å². The molecule has 0 aliphatic heterocycles.